The highest BCUT2D eigenvalue weighted by molar-refractivity contribution is 7.80. The van der Waals surface area contributed by atoms with Crippen LogP contribution in [0.5, 0.6) is 0 Å². The quantitative estimate of drug-likeness (QED) is 0.231. The maximum Gasteiger partial charge on any atom is 0.174 e. The Morgan fingerprint density at radius 3 is 2.37 bits per heavy atom. The summed E-state index contributed by atoms with van der Waals surface area (Å²) in [5.41, 5.74) is 8.80. The molecule has 8 heteroatoms. The molecule has 41 heavy (non-hydrogen) atoms. The number of hydrogen-bond donors (Lipinski definition) is 1. The summed E-state index contributed by atoms with van der Waals surface area (Å²) >= 11 is 19.5. The summed E-state index contributed by atoms with van der Waals surface area (Å²) in [5.74, 6) is 0.760. The minimum absolute atomic E-state index is 0.130. The summed E-state index contributed by atoms with van der Waals surface area (Å²) in [7, 11) is 0. The van der Waals surface area contributed by atoms with Crippen LogP contribution >= 0.6 is 35.4 Å². The monoisotopic (exact) mass is 603 g/mol. The van der Waals surface area contributed by atoms with Crippen LogP contribution in [0, 0.1) is 26.7 Å². The highest BCUT2D eigenvalue weighted by Crippen LogP contribution is 2.46. The van der Waals surface area contributed by atoms with Crippen LogP contribution < -0.4 is 15.1 Å². The number of piperidine rings is 1. The van der Waals surface area contributed by atoms with Crippen LogP contribution in [-0.2, 0) is 0 Å². The van der Waals surface area contributed by atoms with Crippen LogP contribution in [0.4, 0.5) is 11.4 Å². The van der Waals surface area contributed by atoms with E-state index in [1.54, 1.807) is 0 Å². The number of nitrogens with zero attached hydrogens (tertiary/aromatic N) is 4. The van der Waals surface area contributed by atoms with Crippen molar-refractivity contribution in [3.05, 3.63) is 105 Å². The van der Waals surface area contributed by atoms with Crippen molar-refractivity contribution in [1.29, 1.82) is 0 Å². The van der Waals surface area contributed by atoms with Crippen LogP contribution in [-0.4, -0.2) is 27.8 Å². The fourth-order valence-corrected chi connectivity index (χ4v) is 7.35. The first-order chi connectivity index (χ1) is 19.7. The molecule has 5 nitrogen and oxygen atoms in total. The lowest BCUT2D eigenvalue weighted by Crippen LogP contribution is -2.33. The Bertz CT molecular complexity index is 1590. The number of nitrogens with one attached hydrogen (secondary N) is 1. The Labute approximate surface area is 258 Å². The second kappa shape index (κ2) is 11.3. The molecule has 2 saturated heterocycles. The normalized spacial score (nSPS) is 19.6. The maximum absolute atomic E-state index is 7.00. The summed E-state index contributed by atoms with van der Waals surface area (Å²) in [6, 6.07) is 20.2. The average molecular weight is 605 g/mol. The second-order valence-electron chi connectivity index (χ2n) is 11.3. The van der Waals surface area contributed by atoms with Gasteiger partial charge < -0.3 is 19.7 Å². The number of anilines is 2. The van der Waals surface area contributed by atoms with Gasteiger partial charge in [-0.2, -0.15) is 0 Å². The summed E-state index contributed by atoms with van der Waals surface area (Å²) in [5, 5.41) is 5.74. The average Bonchev–Trinajstić information content (AvgIpc) is 3.41. The Balaban J connectivity index is 1.47. The third-order valence-electron chi connectivity index (χ3n) is 8.80. The molecule has 2 aliphatic heterocycles. The number of halogens is 2. The molecule has 0 saturated carbocycles. The standard InChI is InChI=1S/C33H35Cl2N5S/c1-20-13-16-38(17-14-20)29-12-11-26(19-27(29)35)40-32(31(37-33(40)41)28-10-5-6-15-36-28)30-21(2)22(3)39(23(30)4)25-9-7-8-24(34)18-25/h5-12,15,18-20,31-32H,13-14,16-17H2,1-4H3,(H,37,41)/t31-,32+/m0/s1. The highest BCUT2D eigenvalue weighted by Gasteiger charge is 2.43. The van der Waals surface area contributed by atoms with Crippen molar-refractivity contribution in [2.75, 3.05) is 22.9 Å². The van der Waals surface area contributed by atoms with Crippen LogP contribution in [0.2, 0.25) is 10.0 Å². The van der Waals surface area contributed by atoms with Gasteiger partial charge in [0, 0.05) is 52.6 Å². The van der Waals surface area contributed by atoms with Crippen LogP contribution in [0.15, 0.2) is 66.9 Å². The van der Waals surface area contributed by atoms with E-state index in [1.165, 1.54) is 29.7 Å². The van der Waals surface area contributed by atoms with E-state index < -0.39 is 0 Å². The van der Waals surface area contributed by atoms with Gasteiger partial charge in [0.15, 0.2) is 5.11 Å². The number of rotatable bonds is 5. The molecule has 2 fully saturated rings. The lowest BCUT2D eigenvalue weighted by molar-refractivity contribution is 0.438. The molecule has 4 heterocycles. The first-order valence-electron chi connectivity index (χ1n) is 14.2. The third kappa shape index (κ3) is 5.11. The number of thiocarbonyl (C=S) groups is 1. The molecular formula is C33H35Cl2N5S. The molecule has 2 aliphatic rings. The topological polar surface area (TPSA) is 36.3 Å². The van der Waals surface area contributed by atoms with Gasteiger partial charge >= 0.3 is 0 Å². The Hall–Kier alpha value is -3.06. The zero-order chi connectivity index (χ0) is 28.8. The van der Waals surface area contributed by atoms with Crippen molar-refractivity contribution in [3.63, 3.8) is 0 Å². The largest absolute Gasteiger partial charge is 0.370 e. The van der Waals surface area contributed by atoms with Gasteiger partial charge in [0.1, 0.15) is 0 Å². The fourth-order valence-electron chi connectivity index (χ4n) is 6.52. The van der Waals surface area contributed by atoms with Gasteiger partial charge in [0.2, 0.25) is 0 Å². The highest BCUT2D eigenvalue weighted by atomic mass is 35.5. The zero-order valence-corrected chi connectivity index (χ0v) is 26.2. The number of aromatic nitrogens is 2. The maximum atomic E-state index is 7.00. The molecule has 0 amide bonds. The Morgan fingerprint density at radius 2 is 1.68 bits per heavy atom. The van der Waals surface area contributed by atoms with E-state index in [2.05, 4.69) is 77.7 Å². The Morgan fingerprint density at radius 1 is 0.902 bits per heavy atom. The van der Waals surface area contributed by atoms with Crippen molar-refractivity contribution in [2.45, 2.75) is 52.6 Å². The van der Waals surface area contributed by atoms with Gasteiger partial charge in [0.05, 0.1) is 28.5 Å². The molecule has 0 spiro atoms. The SMILES string of the molecule is Cc1c([C@@H]2[C@H](c3ccccn3)NC(=S)N2c2ccc(N3CCC(C)CC3)c(Cl)c2)c(C)n(-c2cccc(Cl)c2)c1C. The molecule has 0 aliphatic carbocycles. The third-order valence-corrected chi connectivity index (χ3v) is 9.65. The molecule has 0 unspecified atom stereocenters. The van der Waals surface area contributed by atoms with Crippen molar-refractivity contribution in [3.8, 4) is 5.69 Å². The van der Waals surface area contributed by atoms with Gasteiger partial charge in [-0.25, -0.2) is 0 Å². The summed E-state index contributed by atoms with van der Waals surface area (Å²) < 4.78 is 2.29. The fraction of sp³-hybridized carbons (Fsp3) is 0.333. The predicted molar refractivity (Wildman–Crippen MR) is 175 cm³/mol. The van der Waals surface area contributed by atoms with Crippen LogP contribution in [0.25, 0.3) is 5.69 Å². The molecular weight excluding hydrogens is 569 g/mol. The predicted octanol–water partition coefficient (Wildman–Crippen LogP) is 8.52. The zero-order valence-electron chi connectivity index (χ0n) is 23.9. The molecule has 2 atom stereocenters. The summed E-state index contributed by atoms with van der Waals surface area (Å²) in [6.07, 6.45) is 4.22. The first-order valence-corrected chi connectivity index (χ1v) is 15.4. The van der Waals surface area contributed by atoms with E-state index in [0.29, 0.717) is 10.1 Å². The van der Waals surface area contributed by atoms with E-state index in [9.17, 15) is 0 Å². The van der Waals surface area contributed by atoms with Gasteiger partial charge in [0.25, 0.3) is 0 Å². The van der Waals surface area contributed by atoms with E-state index in [1.807, 2.05) is 36.5 Å². The van der Waals surface area contributed by atoms with E-state index in [-0.39, 0.29) is 12.1 Å². The molecule has 0 radical (unpaired) electrons. The minimum Gasteiger partial charge on any atom is -0.370 e. The number of pyridine rings is 1. The lowest BCUT2D eigenvalue weighted by Gasteiger charge is -2.33. The lowest BCUT2D eigenvalue weighted by atomic mass is 9.93. The Kier molecular flexibility index (Phi) is 7.75. The number of benzene rings is 2. The van der Waals surface area contributed by atoms with Crippen LogP contribution in [0.1, 0.15) is 60.1 Å². The van der Waals surface area contributed by atoms with E-state index in [0.717, 1.165) is 52.5 Å². The van der Waals surface area contributed by atoms with Gasteiger partial charge in [-0.05, 0) is 106 Å². The molecule has 0 bridgehead atoms. The molecule has 2 aromatic carbocycles. The van der Waals surface area contributed by atoms with Crippen molar-refractivity contribution in [1.82, 2.24) is 14.9 Å². The van der Waals surface area contributed by atoms with E-state index >= 15 is 0 Å². The molecule has 1 N–H and O–H groups in total. The smallest absolute Gasteiger partial charge is 0.174 e. The summed E-state index contributed by atoms with van der Waals surface area (Å²) in [6.45, 7) is 10.9. The molecule has 2 aromatic heterocycles. The van der Waals surface area contributed by atoms with E-state index in [4.69, 9.17) is 40.4 Å². The molecule has 4 aromatic rings. The van der Waals surface area contributed by atoms with Crippen molar-refractivity contribution >= 4 is 51.9 Å². The van der Waals surface area contributed by atoms with Crippen molar-refractivity contribution < 1.29 is 0 Å². The second-order valence-corrected chi connectivity index (χ2v) is 12.6. The van der Waals surface area contributed by atoms with Gasteiger partial charge in [-0.3, -0.25) is 4.98 Å². The van der Waals surface area contributed by atoms with Crippen LogP contribution in [0.3, 0.4) is 0 Å². The van der Waals surface area contributed by atoms with Gasteiger partial charge in [-0.1, -0.05) is 42.3 Å². The van der Waals surface area contributed by atoms with Gasteiger partial charge in [-0.15, -0.1) is 0 Å². The molecule has 6 rings (SSSR count). The minimum atomic E-state index is -0.141. The first kappa shape index (κ1) is 28.1. The van der Waals surface area contributed by atoms with Crippen molar-refractivity contribution in [2.24, 2.45) is 5.92 Å². The summed E-state index contributed by atoms with van der Waals surface area (Å²) in [4.78, 5) is 9.38. The molecule has 212 valence electrons. The number of hydrogen-bond acceptors (Lipinski definition) is 3.